The Morgan fingerprint density at radius 3 is 2.55 bits per heavy atom. The standard InChI is InChI=1S/C25H31N3O/c1-18(2)25(21-13-11-20(12-14-21)19-8-4-3-5-9-19)26-17-22-16-24(29)28-15-7-6-10-23(28)27-22/h6-7,10-16,18-19,25-26H,3-5,8-9,17H2,1-2H3. The highest BCUT2D eigenvalue weighted by Gasteiger charge is 2.18. The molecule has 1 aromatic carbocycles. The Labute approximate surface area is 173 Å². The van der Waals surface area contributed by atoms with Crippen LogP contribution in [0.5, 0.6) is 0 Å². The molecule has 4 rings (SSSR count). The zero-order valence-electron chi connectivity index (χ0n) is 17.5. The third kappa shape index (κ3) is 4.59. The van der Waals surface area contributed by atoms with E-state index in [-0.39, 0.29) is 11.6 Å². The molecule has 0 saturated heterocycles. The van der Waals surface area contributed by atoms with Crippen molar-refractivity contribution in [2.24, 2.45) is 5.92 Å². The Balaban J connectivity index is 1.49. The fourth-order valence-corrected chi connectivity index (χ4v) is 4.56. The van der Waals surface area contributed by atoms with Gasteiger partial charge >= 0.3 is 0 Å². The summed E-state index contributed by atoms with van der Waals surface area (Å²) in [5.74, 6) is 1.18. The summed E-state index contributed by atoms with van der Waals surface area (Å²) >= 11 is 0. The molecule has 1 unspecified atom stereocenters. The summed E-state index contributed by atoms with van der Waals surface area (Å²) in [6, 6.07) is 16.7. The average molecular weight is 390 g/mol. The molecule has 2 heterocycles. The van der Waals surface area contributed by atoms with Crippen molar-refractivity contribution in [3.8, 4) is 0 Å². The molecule has 1 N–H and O–H groups in total. The number of rotatable bonds is 6. The second-order valence-electron chi connectivity index (χ2n) is 8.62. The third-order valence-corrected chi connectivity index (χ3v) is 6.17. The van der Waals surface area contributed by atoms with Crippen molar-refractivity contribution in [2.75, 3.05) is 0 Å². The third-order valence-electron chi connectivity index (χ3n) is 6.17. The highest BCUT2D eigenvalue weighted by molar-refractivity contribution is 5.38. The Morgan fingerprint density at radius 1 is 1.07 bits per heavy atom. The molecular formula is C25H31N3O. The Morgan fingerprint density at radius 2 is 1.83 bits per heavy atom. The van der Waals surface area contributed by atoms with E-state index in [2.05, 4.69) is 48.4 Å². The SMILES string of the molecule is CC(C)C(NCc1cc(=O)n2ccccc2n1)c1ccc(C2CCCCC2)cc1. The van der Waals surface area contributed by atoms with E-state index in [9.17, 15) is 4.79 Å². The quantitative estimate of drug-likeness (QED) is 0.628. The molecule has 1 fully saturated rings. The van der Waals surface area contributed by atoms with E-state index in [1.807, 2.05) is 18.2 Å². The van der Waals surface area contributed by atoms with Crippen molar-refractivity contribution in [2.45, 2.75) is 64.5 Å². The molecule has 3 aromatic rings. The molecule has 0 aliphatic heterocycles. The molecule has 2 aromatic heterocycles. The van der Waals surface area contributed by atoms with E-state index in [4.69, 9.17) is 0 Å². The lowest BCUT2D eigenvalue weighted by Crippen LogP contribution is -2.27. The van der Waals surface area contributed by atoms with E-state index in [1.54, 1.807) is 16.7 Å². The molecule has 1 aliphatic rings. The van der Waals surface area contributed by atoms with Gasteiger partial charge in [-0.05, 0) is 47.9 Å². The summed E-state index contributed by atoms with van der Waals surface area (Å²) in [5.41, 5.74) is 4.22. The second kappa shape index (κ2) is 8.91. The summed E-state index contributed by atoms with van der Waals surface area (Å²) in [7, 11) is 0. The van der Waals surface area contributed by atoms with E-state index in [0.717, 1.165) is 11.6 Å². The largest absolute Gasteiger partial charge is 0.304 e. The van der Waals surface area contributed by atoms with Gasteiger partial charge in [0.1, 0.15) is 5.65 Å². The molecule has 1 saturated carbocycles. The van der Waals surface area contributed by atoms with Crippen molar-refractivity contribution in [1.29, 1.82) is 0 Å². The molecule has 0 amide bonds. The minimum Gasteiger partial charge on any atom is -0.304 e. The normalized spacial score (nSPS) is 16.4. The van der Waals surface area contributed by atoms with Crippen LogP contribution in [0.1, 0.15) is 74.7 Å². The molecular weight excluding hydrogens is 358 g/mol. The van der Waals surface area contributed by atoms with Gasteiger partial charge in [0.2, 0.25) is 0 Å². The van der Waals surface area contributed by atoms with Crippen molar-refractivity contribution in [3.05, 3.63) is 81.9 Å². The molecule has 1 atom stereocenters. The van der Waals surface area contributed by atoms with Gasteiger partial charge in [-0.25, -0.2) is 4.98 Å². The molecule has 29 heavy (non-hydrogen) atoms. The van der Waals surface area contributed by atoms with Crippen LogP contribution in [0.4, 0.5) is 0 Å². The highest BCUT2D eigenvalue weighted by Crippen LogP contribution is 2.33. The number of hydrogen-bond donors (Lipinski definition) is 1. The second-order valence-corrected chi connectivity index (χ2v) is 8.62. The maximum absolute atomic E-state index is 12.3. The van der Waals surface area contributed by atoms with Crippen LogP contribution in [-0.2, 0) is 6.54 Å². The first-order valence-corrected chi connectivity index (χ1v) is 10.9. The monoisotopic (exact) mass is 389 g/mol. The lowest BCUT2D eigenvalue weighted by atomic mass is 9.83. The highest BCUT2D eigenvalue weighted by atomic mass is 16.1. The number of nitrogens with one attached hydrogen (secondary N) is 1. The number of benzene rings is 1. The summed E-state index contributed by atoms with van der Waals surface area (Å²) in [6.45, 7) is 5.04. The van der Waals surface area contributed by atoms with Gasteiger partial charge in [-0.3, -0.25) is 9.20 Å². The fraction of sp³-hybridized carbons (Fsp3) is 0.440. The summed E-state index contributed by atoms with van der Waals surface area (Å²) in [4.78, 5) is 17.0. The van der Waals surface area contributed by atoms with Crippen molar-refractivity contribution < 1.29 is 0 Å². The first-order valence-electron chi connectivity index (χ1n) is 10.9. The van der Waals surface area contributed by atoms with Crippen LogP contribution in [-0.4, -0.2) is 9.38 Å². The van der Waals surface area contributed by atoms with Crippen LogP contribution in [0, 0.1) is 5.92 Å². The molecule has 0 spiro atoms. The zero-order chi connectivity index (χ0) is 20.2. The fourth-order valence-electron chi connectivity index (χ4n) is 4.56. The molecule has 152 valence electrons. The van der Waals surface area contributed by atoms with Crippen LogP contribution in [0.15, 0.2) is 59.5 Å². The lowest BCUT2D eigenvalue weighted by molar-refractivity contribution is 0.407. The maximum atomic E-state index is 12.3. The first kappa shape index (κ1) is 19.8. The van der Waals surface area contributed by atoms with Crippen molar-refractivity contribution in [1.82, 2.24) is 14.7 Å². The number of fused-ring (bicyclic) bond motifs is 1. The predicted octanol–water partition coefficient (Wildman–Crippen LogP) is 5.23. The molecule has 4 heteroatoms. The van der Waals surface area contributed by atoms with Crippen LogP contribution < -0.4 is 10.9 Å². The number of nitrogens with zero attached hydrogens (tertiary/aromatic N) is 2. The zero-order valence-corrected chi connectivity index (χ0v) is 17.5. The summed E-state index contributed by atoms with van der Waals surface area (Å²) in [5, 5.41) is 3.63. The Hall–Kier alpha value is -2.46. The minimum atomic E-state index is -0.0367. The van der Waals surface area contributed by atoms with E-state index in [1.165, 1.54) is 43.2 Å². The van der Waals surface area contributed by atoms with Crippen LogP contribution in [0.25, 0.3) is 5.65 Å². The number of aromatic nitrogens is 2. The van der Waals surface area contributed by atoms with Gasteiger partial charge in [0, 0.05) is 24.8 Å². The van der Waals surface area contributed by atoms with E-state index >= 15 is 0 Å². The smallest absolute Gasteiger partial charge is 0.258 e. The molecule has 4 nitrogen and oxygen atoms in total. The van der Waals surface area contributed by atoms with E-state index < -0.39 is 0 Å². The van der Waals surface area contributed by atoms with E-state index in [0.29, 0.717) is 18.1 Å². The lowest BCUT2D eigenvalue weighted by Gasteiger charge is -2.25. The van der Waals surface area contributed by atoms with Gasteiger partial charge in [-0.15, -0.1) is 0 Å². The topological polar surface area (TPSA) is 46.4 Å². The van der Waals surface area contributed by atoms with Gasteiger partial charge in [-0.1, -0.05) is 63.4 Å². The Kier molecular flexibility index (Phi) is 6.10. The molecule has 1 aliphatic carbocycles. The molecule has 0 bridgehead atoms. The van der Waals surface area contributed by atoms with Crippen LogP contribution in [0.3, 0.4) is 0 Å². The average Bonchev–Trinajstić information content (AvgIpc) is 2.75. The first-order chi connectivity index (χ1) is 14.1. The van der Waals surface area contributed by atoms with Crippen LogP contribution >= 0.6 is 0 Å². The van der Waals surface area contributed by atoms with Gasteiger partial charge in [0.05, 0.1) is 5.69 Å². The number of hydrogen-bond acceptors (Lipinski definition) is 3. The van der Waals surface area contributed by atoms with Crippen LogP contribution in [0.2, 0.25) is 0 Å². The maximum Gasteiger partial charge on any atom is 0.258 e. The predicted molar refractivity (Wildman–Crippen MR) is 118 cm³/mol. The summed E-state index contributed by atoms with van der Waals surface area (Å²) in [6.07, 6.45) is 8.53. The van der Waals surface area contributed by atoms with Gasteiger partial charge in [0.15, 0.2) is 0 Å². The minimum absolute atomic E-state index is 0.0367. The van der Waals surface area contributed by atoms with Gasteiger partial charge in [-0.2, -0.15) is 0 Å². The van der Waals surface area contributed by atoms with Gasteiger partial charge < -0.3 is 5.32 Å². The summed E-state index contributed by atoms with van der Waals surface area (Å²) < 4.78 is 1.58. The van der Waals surface area contributed by atoms with Crippen molar-refractivity contribution >= 4 is 5.65 Å². The molecule has 0 radical (unpaired) electrons. The van der Waals surface area contributed by atoms with Crippen molar-refractivity contribution in [3.63, 3.8) is 0 Å². The van der Waals surface area contributed by atoms with Gasteiger partial charge in [0.25, 0.3) is 5.56 Å². The Bertz CT molecular complexity index is 1000. The number of pyridine rings is 1.